The minimum absolute atomic E-state index is 0.138. The summed E-state index contributed by atoms with van der Waals surface area (Å²) in [6.45, 7) is 1.93. The predicted octanol–water partition coefficient (Wildman–Crippen LogP) is 1.53. The zero-order valence-corrected chi connectivity index (χ0v) is 22.0. The van der Waals surface area contributed by atoms with Crippen LogP contribution < -0.4 is 4.72 Å². The number of ether oxygens (including phenoxy) is 1. The van der Waals surface area contributed by atoms with E-state index in [9.17, 15) is 22.3 Å². The maximum atomic E-state index is 13.4. The Labute approximate surface area is 217 Å². The molecule has 2 N–H and O–H groups in total. The number of hydrogen-bond donors (Lipinski definition) is 2. The minimum atomic E-state index is -3.89. The second-order valence-electron chi connectivity index (χ2n) is 9.24. The highest BCUT2D eigenvalue weighted by molar-refractivity contribution is 7.87. The van der Waals surface area contributed by atoms with Gasteiger partial charge in [-0.05, 0) is 13.0 Å². The fraction of sp³-hybridized carbons (Fsp3) is 0.591. The maximum Gasteiger partial charge on any atom is 0.333 e. The van der Waals surface area contributed by atoms with Crippen LogP contribution in [0.25, 0.3) is 5.57 Å². The fourth-order valence-electron chi connectivity index (χ4n) is 4.96. The summed E-state index contributed by atoms with van der Waals surface area (Å²) >= 11 is 1.42. The van der Waals surface area contributed by atoms with Crippen molar-refractivity contribution in [2.45, 2.75) is 45.1 Å². The predicted molar refractivity (Wildman–Crippen MR) is 133 cm³/mol. The summed E-state index contributed by atoms with van der Waals surface area (Å²) in [5.41, 5.74) is 1.84. The molecular formula is C22H29F2N7O4S2. The monoisotopic (exact) mass is 557 g/mol. The van der Waals surface area contributed by atoms with Gasteiger partial charge in [-0.3, -0.25) is 4.99 Å². The van der Waals surface area contributed by atoms with E-state index in [-0.39, 0.29) is 31.7 Å². The summed E-state index contributed by atoms with van der Waals surface area (Å²) in [5.74, 6) is 0.306. The summed E-state index contributed by atoms with van der Waals surface area (Å²) in [6.07, 6.45) is 2.15. The van der Waals surface area contributed by atoms with E-state index in [1.165, 1.54) is 27.9 Å². The van der Waals surface area contributed by atoms with Gasteiger partial charge < -0.3 is 14.7 Å². The average molecular weight is 558 g/mol. The quantitative estimate of drug-likeness (QED) is 0.479. The van der Waals surface area contributed by atoms with Gasteiger partial charge in [-0.2, -0.15) is 31.3 Å². The van der Waals surface area contributed by atoms with Gasteiger partial charge in [0, 0.05) is 67.1 Å². The van der Waals surface area contributed by atoms with Crippen LogP contribution in [0.4, 0.5) is 8.78 Å². The van der Waals surface area contributed by atoms with Crippen molar-refractivity contribution in [2.24, 2.45) is 10.9 Å². The van der Waals surface area contributed by atoms with Gasteiger partial charge in [0.25, 0.3) is 10.2 Å². The minimum Gasteiger partial charge on any atom is -0.390 e. The molecule has 0 radical (unpaired) electrons. The SMILES string of the molecule is CCN(CC1COC(C)C1O)S(=O)(=O)NC1CC2=C(c3ccn(C(F)F)n3)CN=C(c3nccs3)N2C1. The van der Waals surface area contributed by atoms with E-state index in [1.54, 1.807) is 20.0 Å². The normalized spacial score (nSPS) is 26.5. The highest BCUT2D eigenvalue weighted by Gasteiger charge is 2.40. The van der Waals surface area contributed by atoms with Crippen LogP contribution >= 0.6 is 11.3 Å². The second kappa shape index (κ2) is 10.5. The molecule has 0 aromatic carbocycles. The lowest BCUT2D eigenvalue weighted by molar-refractivity contribution is 0.0507. The van der Waals surface area contributed by atoms with Crippen molar-refractivity contribution >= 4 is 33.0 Å². The molecule has 3 aliphatic rings. The van der Waals surface area contributed by atoms with Gasteiger partial charge in [-0.15, -0.1) is 11.3 Å². The molecule has 4 atom stereocenters. The smallest absolute Gasteiger partial charge is 0.333 e. The van der Waals surface area contributed by atoms with Crippen molar-refractivity contribution in [1.82, 2.24) is 28.7 Å². The van der Waals surface area contributed by atoms with E-state index in [1.807, 2.05) is 10.3 Å². The van der Waals surface area contributed by atoms with Crippen LogP contribution in [0.2, 0.25) is 0 Å². The first kappa shape index (κ1) is 26.3. The van der Waals surface area contributed by atoms with E-state index in [0.717, 1.165) is 5.70 Å². The van der Waals surface area contributed by atoms with Crippen molar-refractivity contribution in [3.05, 3.63) is 40.2 Å². The number of aliphatic hydroxyl groups is 1. The molecule has 2 saturated heterocycles. The number of nitrogens with zero attached hydrogens (tertiary/aromatic N) is 6. The molecule has 4 unspecified atom stereocenters. The lowest BCUT2D eigenvalue weighted by atomic mass is 10.0. The number of aliphatic hydroxyl groups excluding tert-OH is 1. The zero-order valence-electron chi connectivity index (χ0n) is 20.4. The highest BCUT2D eigenvalue weighted by atomic mass is 32.2. The van der Waals surface area contributed by atoms with Crippen LogP contribution in [0.3, 0.4) is 0 Å². The molecular weight excluding hydrogens is 528 g/mol. The molecule has 37 heavy (non-hydrogen) atoms. The second-order valence-corrected chi connectivity index (χ2v) is 11.8. The summed E-state index contributed by atoms with van der Waals surface area (Å²) in [7, 11) is -3.89. The molecule has 2 aromatic rings. The number of thiazole rings is 1. The lowest BCUT2D eigenvalue weighted by Gasteiger charge is -2.27. The Morgan fingerprint density at radius 1 is 1.41 bits per heavy atom. The molecule has 2 fully saturated rings. The first-order valence-electron chi connectivity index (χ1n) is 12.0. The molecule has 11 nitrogen and oxygen atoms in total. The number of amidine groups is 1. The number of aromatic nitrogens is 3. The summed E-state index contributed by atoms with van der Waals surface area (Å²) < 4.78 is 63.2. The topological polar surface area (TPSA) is 125 Å². The van der Waals surface area contributed by atoms with Crippen molar-refractivity contribution in [2.75, 3.05) is 32.8 Å². The number of halogens is 2. The molecule has 202 valence electrons. The van der Waals surface area contributed by atoms with Crippen LogP contribution in [0.5, 0.6) is 0 Å². The molecule has 15 heteroatoms. The molecule has 5 rings (SSSR count). The van der Waals surface area contributed by atoms with Gasteiger partial charge in [-0.25, -0.2) is 9.67 Å². The van der Waals surface area contributed by atoms with Crippen molar-refractivity contribution in [3.8, 4) is 0 Å². The molecule has 0 amide bonds. The number of nitrogens with one attached hydrogen (secondary N) is 1. The standard InChI is InChI=1S/C22H29F2N7O4S2/c1-3-29(10-14-12-35-13(2)19(14)32)37(33,34)28-15-8-18-16(17-4-6-31(27-17)22(23)24)9-26-20(30(18)11-15)21-25-5-7-36-21/h4-7,13-15,19,22,28,32H,3,8-12H2,1-2H3. The van der Waals surface area contributed by atoms with Crippen LogP contribution in [0.15, 0.2) is 34.5 Å². The van der Waals surface area contributed by atoms with Crippen molar-refractivity contribution in [3.63, 3.8) is 0 Å². The van der Waals surface area contributed by atoms with Gasteiger partial charge in [0.15, 0.2) is 10.8 Å². The first-order valence-corrected chi connectivity index (χ1v) is 14.3. The Balaban J connectivity index is 1.39. The Hall–Kier alpha value is -2.30. The molecule has 0 spiro atoms. The van der Waals surface area contributed by atoms with Gasteiger partial charge in [0.1, 0.15) is 0 Å². The third-order valence-corrected chi connectivity index (χ3v) is 9.37. The largest absolute Gasteiger partial charge is 0.390 e. The molecule has 0 aliphatic carbocycles. The first-order chi connectivity index (χ1) is 17.7. The molecule has 3 aliphatic heterocycles. The third kappa shape index (κ3) is 5.20. The Kier molecular flexibility index (Phi) is 7.44. The van der Waals surface area contributed by atoms with E-state index < -0.39 is 28.9 Å². The average Bonchev–Trinajstić information content (AvgIpc) is 3.66. The van der Waals surface area contributed by atoms with Gasteiger partial charge in [0.05, 0.1) is 31.1 Å². The third-order valence-electron chi connectivity index (χ3n) is 6.88. The van der Waals surface area contributed by atoms with Crippen molar-refractivity contribution in [1.29, 1.82) is 0 Å². The Bertz CT molecular complexity index is 1280. The zero-order chi connectivity index (χ0) is 26.3. The molecule has 5 heterocycles. The maximum absolute atomic E-state index is 13.4. The number of aliphatic imine (C=N–C) groups is 1. The molecule has 2 aromatic heterocycles. The van der Waals surface area contributed by atoms with E-state index >= 15 is 0 Å². The summed E-state index contributed by atoms with van der Waals surface area (Å²) in [6, 6.07) is 1.02. The highest BCUT2D eigenvalue weighted by Crippen LogP contribution is 2.35. The van der Waals surface area contributed by atoms with Crippen LogP contribution in [0, 0.1) is 5.92 Å². The summed E-state index contributed by atoms with van der Waals surface area (Å²) in [5, 5.41) is 16.9. The molecule has 0 saturated carbocycles. The van der Waals surface area contributed by atoms with Crippen molar-refractivity contribution < 1.29 is 27.0 Å². The van der Waals surface area contributed by atoms with Crippen LogP contribution in [0.1, 0.15) is 37.5 Å². The Morgan fingerprint density at radius 3 is 2.84 bits per heavy atom. The van der Waals surface area contributed by atoms with E-state index in [2.05, 4.69) is 19.8 Å². The van der Waals surface area contributed by atoms with Gasteiger partial charge >= 0.3 is 6.55 Å². The van der Waals surface area contributed by atoms with Crippen LogP contribution in [-0.4, -0.2) is 94.4 Å². The summed E-state index contributed by atoms with van der Waals surface area (Å²) in [4.78, 5) is 10.9. The Morgan fingerprint density at radius 2 is 2.22 bits per heavy atom. The number of hydrogen-bond acceptors (Lipinski definition) is 9. The molecule has 0 bridgehead atoms. The number of rotatable bonds is 9. The van der Waals surface area contributed by atoms with Gasteiger partial charge in [-0.1, -0.05) is 6.92 Å². The number of alkyl halides is 2. The van der Waals surface area contributed by atoms with E-state index in [0.29, 0.717) is 46.4 Å². The van der Waals surface area contributed by atoms with E-state index in [4.69, 9.17) is 4.74 Å². The van der Waals surface area contributed by atoms with Gasteiger partial charge in [0.2, 0.25) is 0 Å². The lowest BCUT2D eigenvalue weighted by Crippen LogP contribution is -2.49. The van der Waals surface area contributed by atoms with Crippen LogP contribution in [-0.2, 0) is 14.9 Å². The number of fused-ring (bicyclic) bond motifs is 1. The fourth-order valence-corrected chi connectivity index (χ4v) is 7.07.